The molecule has 0 unspecified atom stereocenters. The summed E-state index contributed by atoms with van der Waals surface area (Å²) in [7, 11) is -3.79. The van der Waals surface area contributed by atoms with Gasteiger partial charge in [0.05, 0.1) is 4.90 Å². The molecule has 2 N–H and O–H groups in total. The van der Waals surface area contributed by atoms with E-state index in [4.69, 9.17) is 5.73 Å². The summed E-state index contributed by atoms with van der Waals surface area (Å²) in [5.41, 5.74) is 7.13. The van der Waals surface area contributed by atoms with Crippen LogP contribution >= 0.6 is 0 Å². The highest BCUT2D eigenvalue weighted by Crippen LogP contribution is 2.25. The highest BCUT2D eigenvalue weighted by atomic mass is 32.2. The number of rotatable bonds is 2. The molecule has 1 aromatic carbocycles. The minimum Gasteiger partial charge on any atom is -0.382 e. The Balaban J connectivity index is 2.12. The van der Waals surface area contributed by atoms with Gasteiger partial charge in [-0.1, -0.05) is 32.9 Å². The third kappa shape index (κ3) is 2.55. The first kappa shape index (κ1) is 15.4. The number of nitrogens with zero attached hydrogens (tertiary/aromatic N) is 4. The Kier molecular flexibility index (Phi) is 3.36. The summed E-state index contributed by atoms with van der Waals surface area (Å²) in [6.07, 6.45) is 2.41. The van der Waals surface area contributed by atoms with Crippen LogP contribution in [0.2, 0.25) is 0 Å². The van der Waals surface area contributed by atoms with Gasteiger partial charge in [-0.15, -0.1) is 0 Å². The summed E-state index contributed by atoms with van der Waals surface area (Å²) in [5, 5.41) is 0. The molecule has 0 aliphatic rings. The number of nitrogen functional groups attached to an aromatic ring is 1. The number of benzene rings is 1. The number of aromatic nitrogens is 4. The maximum Gasteiger partial charge on any atom is 0.270 e. The molecule has 2 heterocycles. The summed E-state index contributed by atoms with van der Waals surface area (Å²) in [6, 6.07) is 6.81. The second-order valence-corrected chi connectivity index (χ2v) is 8.07. The van der Waals surface area contributed by atoms with Crippen molar-refractivity contribution in [2.75, 3.05) is 5.73 Å². The molecular formula is C15H17N5O2S. The lowest BCUT2D eigenvalue weighted by atomic mass is 9.87. The summed E-state index contributed by atoms with van der Waals surface area (Å²) >= 11 is 0. The molecule has 0 atom stereocenters. The zero-order valence-electron chi connectivity index (χ0n) is 13.1. The number of anilines is 1. The van der Waals surface area contributed by atoms with E-state index < -0.39 is 10.0 Å². The average Bonchev–Trinajstić information content (AvgIpc) is 2.92. The number of fused-ring (bicyclic) bond motifs is 1. The van der Waals surface area contributed by atoms with E-state index in [1.54, 1.807) is 12.1 Å². The summed E-state index contributed by atoms with van der Waals surface area (Å²) < 4.78 is 26.6. The van der Waals surface area contributed by atoms with Crippen LogP contribution in [0.15, 0.2) is 41.8 Å². The lowest BCUT2D eigenvalue weighted by Gasteiger charge is -2.19. The van der Waals surface area contributed by atoms with Crippen LogP contribution in [0, 0.1) is 0 Å². The van der Waals surface area contributed by atoms with Crippen molar-refractivity contribution in [2.45, 2.75) is 31.1 Å². The molecule has 8 heteroatoms. The van der Waals surface area contributed by atoms with Crippen molar-refractivity contribution in [2.24, 2.45) is 0 Å². The quantitative estimate of drug-likeness (QED) is 0.769. The first-order valence-electron chi connectivity index (χ1n) is 7.01. The van der Waals surface area contributed by atoms with Crippen molar-refractivity contribution in [1.29, 1.82) is 0 Å². The fourth-order valence-electron chi connectivity index (χ4n) is 2.25. The van der Waals surface area contributed by atoms with Crippen LogP contribution in [-0.2, 0) is 15.4 Å². The first-order chi connectivity index (χ1) is 10.7. The molecular weight excluding hydrogens is 314 g/mol. The van der Waals surface area contributed by atoms with Gasteiger partial charge in [0.25, 0.3) is 10.0 Å². The van der Waals surface area contributed by atoms with Crippen molar-refractivity contribution in [3.05, 3.63) is 42.5 Å². The van der Waals surface area contributed by atoms with E-state index in [0.29, 0.717) is 0 Å². The smallest absolute Gasteiger partial charge is 0.270 e. The molecule has 3 aromatic rings. The molecule has 120 valence electrons. The van der Waals surface area contributed by atoms with E-state index in [1.807, 2.05) is 12.1 Å². The van der Waals surface area contributed by atoms with Crippen molar-refractivity contribution in [3.8, 4) is 0 Å². The predicted octanol–water partition coefficient (Wildman–Crippen LogP) is 1.94. The van der Waals surface area contributed by atoms with Crippen LogP contribution in [-0.4, -0.2) is 27.3 Å². The van der Waals surface area contributed by atoms with E-state index in [0.717, 1.165) is 9.54 Å². The van der Waals surface area contributed by atoms with Gasteiger partial charge >= 0.3 is 0 Å². The molecule has 7 nitrogen and oxygen atoms in total. The minimum atomic E-state index is -3.79. The Labute approximate surface area is 134 Å². The van der Waals surface area contributed by atoms with Crippen molar-refractivity contribution in [1.82, 2.24) is 18.9 Å². The second-order valence-electron chi connectivity index (χ2n) is 6.25. The Bertz CT molecular complexity index is 969. The first-order valence-corrected chi connectivity index (χ1v) is 8.45. The normalized spacial score (nSPS) is 12.7. The van der Waals surface area contributed by atoms with E-state index in [1.165, 1.54) is 12.7 Å². The van der Waals surface area contributed by atoms with E-state index in [-0.39, 0.29) is 27.3 Å². The number of hydrogen-bond acceptors (Lipinski definition) is 6. The molecule has 0 radical (unpaired) electrons. The van der Waals surface area contributed by atoms with E-state index in [9.17, 15) is 8.42 Å². The fourth-order valence-corrected chi connectivity index (χ4v) is 3.49. The van der Waals surface area contributed by atoms with E-state index in [2.05, 4.69) is 35.7 Å². The van der Waals surface area contributed by atoms with Gasteiger partial charge in [0.15, 0.2) is 17.0 Å². The molecule has 2 aromatic heterocycles. The van der Waals surface area contributed by atoms with Gasteiger partial charge in [0.1, 0.15) is 12.7 Å². The molecule has 3 rings (SSSR count). The third-order valence-corrected chi connectivity index (χ3v) is 5.26. The van der Waals surface area contributed by atoms with Crippen LogP contribution in [0.4, 0.5) is 5.82 Å². The monoisotopic (exact) mass is 331 g/mol. The van der Waals surface area contributed by atoms with Crippen molar-refractivity contribution in [3.63, 3.8) is 0 Å². The van der Waals surface area contributed by atoms with Crippen LogP contribution in [0.3, 0.4) is 0 Å². The fraction of sp³-hybridized carbons (Fsp3) is 0.267. The van der Waals surface area contributed by atoms with Gasteiger partial charge in [-0.05, 0) is 23.1 Å². The molecule has 0 saturated carbocycles. The Morgan fingerprint density at radius 1 is 1.04 bits per heavy atom. The zero-order chi connectivity index (χ0) is 16.8. The van der Waals surface area contributed by atoms with Crippen LogP contribution in [0.5, 0.6) is 0 Å². The number of nitrogens with two attached hydrogens (primary N) is 1. The number of imidazole rings is 1. The van der Waals surface area contributed by atoms with Gasteiger partial charge in [-0.2, -0.15) is 0 Å². The summed E-state index contributed by atoms with van der Waals surface area (Å²) in [4.78, 5) is 12.0. The third-order valence-electron chi connectivity index (χ3n) is 3.61. The van der Waals surface area contributed by atoms with Gasteiger partial charge in [-0.3, -0.25) is 0 Å². The highest BCUT2D eigenvalue weighted by molar-refractivity contribution is 7.90. The van der Waals surface area contributed by atoms with Crippen LogP contribution in [0.25, 0.3) is 11.2 Å². The highest BCUT2D eigenvalue weighted by Gasteiger charge is 2.22. The Hall–Kier alpha value is -2.48. The molecule has 0 aliphatic heterocycles. The maximum atomic E-state index is 12.8. The van der Waals surface area contributed by atoms with Crippen LogP contribution in [0.1, 0.15) is 26.3 Å². The second kappa shape index (κ2) is 5.02. The van der Waals surface area contributed by atoms with Gasteiger partial charge in [0.2, 0.25) is 0 Å². The molecule has 0 aliphatic carbocycles. The summed E-state index contributed by atoms with van der Waals surface area (Å²) in [6.45, 7) is 6.21. The summed E-state index contributed by atoms with van der Waals surface area (Å²) in [5.74, 6) is 0.145. The van der Waals surface area contributed by atoms with E-state index >= 15 is 0 Å². The van der Waals surface area contributed by atoms with Gasteiger partial charge in [0, 0.05) is 0 Å². The molecule has 0 saturated heterocycles. The molecule has 0 fully saturated rings. The minimum absolute atomic E-state index is 0.0499. The molecule has 23 heavy (non-hydrogen) atoms. The lowest BCUT2D eigenvalue weighted by Crippen LogP contribution is -2.14. The molecule has 0 spiro atoms. The Morgan fingerprint density at radius 2 is 1.70 bits per heavy atom. The lowest BCUT2D eigenvalue weighted by molar-refractivity contribution is 0.583. The predicted molar refractivity (Wildman–Crippen MR) is 87.5 cm³/mol. The standard InChI is InChI=1S/C15H17N5O2S/c1-15(2,3)10-4-6-11(7-5-10)23(21,22)20-9-19-12-13(16)17-8-18-14(12)20/h4-9H,1-3H3,(H2,16,17,18). The SMILES string of the molecule is CC(C)(C)c1ccc(S(=O)(=O)n2cnc3c(N)ncnc32)cc1. The molecule has 0 bridgehead atoms. The largest absolute Gasteiger partial charge is 0.382 e. The topological polar surface area (TPSA) is 104 Å². The van der Waals surface area contributed by atoms with Gasteiger partial charge < -0.3 is 5.73 Å². The maximum absolute atomic E-state index is 12.8. The van der Waals surface area contributed by atoms with Crippen molar-refractivity contribution < 1.29 is 8.42 Å². The average molecular weight is 331 g/mol. The number of hydrogen-bond donors (Lipinski definition) is 1. The van der Waals surface area contributed by atoms with Crippen molar-refractivity contribution >= 4 is 27.0 Å². The Morgan fingerprint density at radius 3 is 2.30 bits per heavy atom. The van der Waals surface area contributed by atoms with Crippen LogP contribution < -0.4 is 5.73 Å². The van der Waals surface area contributed by atoms with Gasteiger partial charge in [-0.25, -0.2) is 27.3 Å². The zero-order valence-corrected chi connectivity index (χ0v) is 13.9. The molecule has 0 amide bonds.